The number of nitrogens with zero attached hydrogens (tertiary/aromatic N) is 3. The van der Waals surface area contributed by atoms with Crippen LogP contribution in [0.2, 0.25) is 0 Å². The number of carbonyl (C=O) groups excluding carboxylic acids is 1. The number of nitro benzene ring substituents is 1. The maximum absolute atomic E-state index is 12.9. The number of rotatable bonds is 7. The zero-order valence-electron chi connectivity index (χ0n) is 19.1. The van der Waals surface area contributed by atoms with Crippen LogP contribution in [0, 0.1) is 28.4 Å². The number of fused-ring (bicyclic) bond motifs is 1. The third kappa shape index (κ3) is 4.83. The summed E-state index contributed by atoms with van der Waals surface area (Å²) in [5.41, 5.74) is 3.38. The first-order valence-corrected chi connectivity index (χ1v) is 10.9. The van der Waals surface area contributed by atoms with Crippen molar-refractivity contribution in [3.8, 4) is 6.07 Å². The van der Waals surface area contributed by atoms with Crippen molar-refractivity contribution < 1.29 is 19.6 Å². The van der Waals surface area contributed by atoms with E-state index in [1.807, 2.05) is 41.8 Å². The van der Waals surface area contributed by atoms with E-state index in [4.69, 9.17) is 5.11 Å². The molecular weight excluding hydrogens is 460 g/mol. The van der Waals surface area contributed by atoms with Crippen LogP contribution >= 0.6 is 0 Å². The summed E-state index contributed by atoms with van der Waals surface area (Å²) in [5.74, 6) is -1.79. The molecule has 9 nitrogen and oxygen atoms in total. The van der Waals surface area contributed by atoms with Crippen LogP contribution in [-0.2, 0) is 11.3 Å². The summed E-state index contributed by atoms with van der Waals surface area (Å²) in [6.07, 6.45) is 1.51. The monoisotopic (exact) mass is 480 g/mol. The van der Waals surface area contributed by atoms with Crippen molar-refractivity contribution in [1.29, 1.82) is 5.26 Å². The van der Waals surface area contributed by atoms with Crippen molar-refractivity contribution in [1.82, 2.24) is 4.57 Å². The quantitative estimate of drug-likeness (QED) is 0.162. The number of nitriles is 1. The van der Waals surface area contributed by atoms with Crippen molar-refractivity contribution in [3.63, 3.8) is 0 Å². The van der Waals surface area contributed by atoms with Gasteiger partial charge in [-0.3, -0.25) is 14.9 Å². The van der Waals surface area contributed by atoms with E-state index in [-0.39, 0.29) is 22.5 Å². The maximum Gasteiger partial charge on any atom is 0.335 e. The van der Waals surface area contributed by atoms with Gasteiger partial charge in [0.05, 0.1) is 10.5 Å². The molecule has 0 bridgehead atoms. The first-order chi connectivity index (χ1) is 17.3. The Morgan fingerprint density at radius 3 is 2.50 bits per heavy atom. The summed E-state index contributed by atoms with van der Waals surface area (Å²) in [7, 11) is 0. The lowest BCUT2D eigenvalue weighted by molar-refractivity contribution is -0.384. The van der Waals surface area contributed by atoms with Gasteiger partial charge in [-0.2, -0.15) is 5.26 Å². The van der Waals surface area contributed by atoms with Crippen LogP contribution in [0.4, 0.5) is 11.4 Å². The lowest BCUT2D eigenvalue weighted by Crippen LogP contribution is -2.14. The molecule has 0 radical (unpaired) electrons. The molecule has 3 aromatic carbocycles. The number of non-ortho nitro benzene ring substituents is 1. The molecule has 0 unspecified atom stereocenters. The van der Waals surface area contributed by atoms with Gasteiger partial charge in [-0.25, -0.2) is 4.79 Å². The lowest BCUT2D eigenvalue weighted by Gasteiger charge is -2.09. The molecule has 0 saturated carbocycles. The molecule has 2 N–H and O–H groups in total. The Morgan fingerprint density at radius 2 is 1.83 bits per heavy atom. The third-order valence-electron chi connectivity index (χ3n) is 5.79. The van der Waals surface area contributed by atoms with Crippen LogP contribution in [0.25, 0.3) is 17.0 Å². The summed E-state index contributed by atoms with van der Waals surface area (Å²) < 4.78 is 2.02. The van der Waals surface area contributed by atoms with Crippen LogP contribution < -0.4 is 5.32 Å². The Kier molecular flexibility index (Phi) is 6.61. The molecule has 0 aliphatic heterocycles. The molecule has 1 aromatic heterocycles. The number of anilines is 1. The lowest BCUT2D eigenvalue weighted by atomic mass is 10.1. The Labute approximate surface area is 205 Å². The summed E-state index contributed by atoms with van der Waals surface area (Å²) >= 11 is 0. The number of nitro groups is 1. The van der Waals surface area contributed by atoms with E-state index in [0.717, 1.165) is 22.2 Å². The van der Waals surface area contributed by atoms with Gasteiger partial charge in [0.25, 0.3) is 11.6 Å². The number of carboxylic acids is 1. The first-order valence-electron chi connectivity index (χ1n) is 10.9. The van der Waals surface area contributed by atoms with Crippen molar-refractivity contribution >= 4 is 40.2 Å². The zero-order valence-corrected chi connectivity index (χ0v) is 19.1. The van der Waals surface area contributed by atoms with E-state index in [9.17, 15) is 25.0 Å². The second kappa shape index (κ2) is 9.95. The Bertz CT molecular complexity index is 1580. The van der Waals surface area contributed by atoms with E-state index in [0.29, 0.717) is 12.1 Å². The fourth-order valence-electron chi connectivity index (χ4n) is 3.97. The van der Waals surface area contributed by atoms with Crippen molar-refractivity contribution in [3.05, 3.63) is 111 Å². The molecule has 1 amide bonds. The number of aromatic nitrogens is 1. The molecule has 0 aliphatic carbocycles. The van der Waals surface area contributed by atoms with Crippen LogP contribution in [0.3, 0.4) is 0 Å². The van der Waals surface area contributed by atoms with E-state index in [1.165, 1.54) is 36.4 Å². The minimum absolute atomic E-state index is 0.00928. The first kappa shape index (κ1) is 23.9. The second-order valence-corrected chi connectivity index (χ2v) is 8.04. The molecule has 4 aromatic rings. The minimum atomic E-state index is -1.13. The van der Waals surface area contributed by atoms with E-state index in [1.54, 1.807) is 18.2 Å². The van der Waals surface area contributed by atoms with E-state index < -0.39 is 16.8 Å². The van der Waals surface area contributed by atoms with Gasteiger partial charge >= 0.3 is 5.97 Å². The SMILES string of the molecule is Cc1c(C=C(C#N)C(=O)Nc2cccc(C(=O)O)c2)c2ccccc2n1Cc1ccc([N+](=O)[O-])cc1. The number of carbonyl (C=O) groups is 2. The van der Waals surface area contributed by atoms with Gasteiger partial charge in [-0.15, -0.1) is 0 Å². The number of benzene rings is 3. The highest BCUT2D eigenvalue weighted by atomic mass is 16.6. The molecule has 0 spiro atoms. The summed E-state index contributed by atoms with van der Waals surface area (Å²) in [6.45, 7) is 2.31. The van der Waals surface area contributed by atoms with Crippen molar-refractivity contribution in [2.24, 2.45) is 0 Å². The fourth-order valence-corrected chi connectivity index (χ4v) is 3.97. The highest BCUT2D eigenvalue weighted by Gasteiger charge is 2.17. The fraction of sp³-hybridized carbons (Fsp3) is 0.0741. The average molecular weight is 480 g/mol. The van der Waals surface area contributed by atoms with Crippen LogP contribution in [0.15, 0.2) is 78.4 Å². The van der Waals surface area contributed by atoms with Gasteiger partial charge in [0.2, 0.25) is 0 Å². The molecule has 0 atom stereocenters. The number of nitrogens with one attached hydrogen (secondary N) is 1. The predicted molar refractivity (Wildman–Crippen MR) is 134 cm³/mol. The molecule has 0 fully saturated rings. The third-order valence-corrected chi connectivity index (χ3v) is 5.79. The highest BCUT2D eigenvalue weighted by molar-refractivity contribution is 6.11. The Morgan fingerprint density at radius 1 is 1.11 bits per heavy atom. The standard InChI is InChI=1S/C27H20N4O5/c1-17-24(14-20(15-28)26(32)29-21-6-4-5-19(13-21)27(33)34)23-7-2-3-8-25(23)30(17)16-18-9-11-22(12-10-18)31(35)36/h2-14H,16H2,1H3,(H,29,32)(H,33,34). The maximum atomic E-state index is 12.9. The van der Waals surface area contributed by atoms with Crippen molar-refractivity contribution in [2.75, 3.05) is 5.32 Å². The number of amides is 1. The number of aromatic carboxylic acids is 1. The Hall–Kier alpha value is -5.23. The van der Waals surface area contributed by atoms with Crippen LogP contribution in [-0.4, -0.2) is 26.5 Å². The molecule has 9 heteroatoms. The van der Waals surface area contributed by atoms with Gasteiger partial charge in [0.15, 0.2) is 0 Å². The van der Waals surface area contributed by atoms with Gasteiger partial charge in [-0.1, -0.05) is 36.4 Å². The molecular formula is C27H20N4O5. The van der Waals surface area contributed by atoms with Gasteiger partial charge in [-0.05, 0) is 42.8 Å². The van der Waals surface area contributed by atoms with E-state index in [2.05, 4.69) is 5.32 Å². The van der Waals surface area contributed by atoms with Crippen molar-refractivity contribution in [2.45, 2.75) is 13.5 Å². The molecule has 0 saturated heterocycles. The smallest absolute Gasteiger partial charge is 0.335 e. The number of hydrogen-bond donors (Lipinski definition) is 2. The zero-order chi connectivity index (χ0) is 25.8. The van der Waals surface area contributed by atoms with Crippen LogP contribution in [0.5, 0.6) is 0 Å². The minimum Gasteiger partial charge on any atom is -0.478 e. The summed E-state index contributed by atoms with van der Waals surface area (Å²) in [4.78, 5) is 34.6. The second-order valence-electron chi connectivity index (χ2n) is 8.04. The highest BCUT2D eigenvalue weighted by Crippen LogP contribution is 2.29. The molecule has 4 rings (SSSR count). The van der Waals surface area contributed by atoms with Gasteiger partial charge in [0.1, 0.15) is 11.6 Å². The number of carboxylic acid groups (broad SMARTS) is 1. The topological polar surface area (TPSA) is 138 Å². The summed E-state index contributed by atoms with van der Waals surface area (Å²) in [6, 6.07) is 21.6. The van der Waals surface area contributed by atoms with Gasteiger partial charge < -0.3 is 15.0 Å². The number of para-hydroxylation sites is 1. The molecule has 36 heavy (non-hydrogen) atoms. The average Bonchev–Trinajstić information content (AvgIpc) is 3.13. The molecule has 1 heterocycles. The summed E-state index contributed by atoms with van der Waals surface area (Å²) in [5, 5.41) is 33.3. The number of hydrogen-bond acceptors (Lipinski definition) is 5. The van der Waals surface area contributed by atoms with Crippen LogP contribution in [0.1, 0.15) is 27.2 Å². The molecule has 0 aliphatic rings. The van der Waals surface area contributed by atoms with Gasteiger partial charge in [0, 0.05) is 46.5 Å². The molecule has 178 valence electrons. The normalized spacial score (nSPS) is 11.2. The van der Waals surface area contributed by atoms with E-state index >= 15 is 0 Å². The largest absolute Gasteiger partial charge is 0.478 e. The predicted octanol–water partition coefficient (Wildman–Crippen LogP) is 5.15. The Balaban J connectivity index is 1.70.